The van der Waals surface area contributed by atoms with Crippen LogP contribution in [0.1, 0.15) is 19.3 Å². The molecule has 0 radical (unpaired) electrons. The van der Waals surface area contributed by atoms with Crippen molar-refractivity contribution in [1.82, 2.24) is 10.2 Å². The van der Waals surface area contributed by atoms with Gasteiger partial charge < -0.3 is 10.4 Å². The molecule has 2 saturated heterocycles. The largest absolute Gasteiger partial charge is 0.390 e. The summed E-state index contributed by atoms with van der Waals surface area (Å²) in [6.45, 7) is 4.12. The van der Waals surface area contributed by atoms with Crippen LogP contribution >= 0.6 is 0 Å². The molecule has 2 rings (SSSR count). The summed E-state index contributed by atoms with van der Waals surface area (Å²) in [7, 11) is 0. The predicted molar refractivity (Wildman–Crippen MR) is 48.1 cm³/mol. The van der Waals surface area contributed by atoms with E-state index in [1.165, 1.54) is 32.4 Å². The van der Waals surface area contributed by atoms with Crippen LogP contribution in [0.2, 0.25) is 0 Å². The number of aliphatic hydroxyl groups is 1. The van der Waals surface area contributed by atoms with Crippen LogP contribution in [-0.2, 0) is 0 Å². The van der Waals surface area contributed by atoms with Crippen LogP contribution in [0.25, 0.3) is 0 Å². The average molecular weight is 170 g/mol. The number of nitrogens with one attached hydrogen (secondary N) is 1. The van der Waals surface area contributed by atoms with Gasteiger partial charge in [0.25, 0.3) is 0 Å². The first-order valence-electron chi connectivity index (χ1n) is 5.01. The Labute approximate surface area is 73.8 Å². The monoisotopic (exact) mass is 170 g/mol. The summed E-state index contributed by atoms with van der Waals surface area (Å²) in [5.41, 5.74) is 0. The molecule has 0 aliphatic carbocycles. The van der Waals surface area contributed by atoms with Crippen LogP contribution in [0.4, 0.5) is 0 Å². The molecule has 2 aliphatic heterocycles. The highest BCUT2D eigenvalue weighted by Crippen LogP contribution is 2.16. The van der Waals surface area contributed by atoms with Crippen LogP contribution in [-0.4, -0.2) is 48.3 Å². The second kappa shape index (κ2) is 3.73. The molecular weight excluding hydrogens is 152 g/mol. The maximum Gasteiger partial charge on any atom is 0.0831 e. The summed E-state index contributed by atoms with van der Waals surface area (Å²) in [6.07, 6.45) is 3.85. The molecule has 0 saturated carbocycles. The summed E-state index contributed by atoms with van der Waals surface area (Å²) in [4.78, 5) is 2.44. The van der Waals surface area contributed by atoms with Crippen molar-refractivity contribution in [2.45, 2.75) is 31.4 Å². The van der Waals surface area contributed by atoms with Crippen LogP contribution in [0.15, 0.2) is 0 Å². The van der Waals surface area contributed by atoms with Crippen molar-refractivity contribution in [3.63, 3.8) is 0 Å². The third kappa shape index (κ3) is 1.63. The SMILES string of the molecule is OC1CNCC1N1CCCCC1. The smallest absolute Gasteiger partial charge is 0.0831 e. The lowest BCUT2D eigenvalue weighted by molar-refractivity contribution is 0.0706. The van der Waals surface area contributed by atoms with E-state index in [0.717, 1.165) is 13.1 Å². The van der Waals surface area contributed by atoms with E-state index in [0.29, 0.717) is 6.04 Å². The van der Waals surface area contributed by atoms with Gasteiger partial charge in [0.1, 0.15) is 0 Å². The van der Waals surface area contributed by atoms with E-state index in [1.807, 2.05) is 0 Å². The fourth-order valence-corrected chi connectivity index (χ4v) is 2.27. The molecule has 0 aromatic carbocycles. The summed E-state index contributed by atoms with van der Waals surface area (Å²) in [5, 5.41) is 12.9. The molecule has 3 nitrogen and oxygen atoms in total. The molecule has 0 spiro atoms. The van der Waals surface area contributed by atoms with Crippen LogP contribution in [0.3, 0.4) is 0 Å². The minimum absolute atomic E-state index is 0.136. The highest BCUT2D eigenvalue weighted by Gasteiger charge is 2.30. The zero-order valence-corrected chi connectivity index (χ0v) is 7.50. The van der Waals surface area contributed by atoms with Gasteiger partial charge in [0.05, 0.1) is 6.10 Å². The van der Waals surface area contributed by atoms with Gasteiger partial charge in [0.15, 0.2) is 0 Å². The molecule has 70 valence electrons. The van der Waals surface area contributed by atoms with Gasteiger partial charge in [-0.05, 0) is 25.9 Å². The Balaban J connectivity index is 1.89. The fraction of sp³-hybridized carbons (Fsp3) is 1.00. The Morgan fingerprint density at radius 3 is 2.42 bits per heavy atom. The van der Waals surface area contributed by atoms with Crippen molar-refractivity contribution in [2.75, 3.05) is 26.2 Å². The topological polar surface area (TPSA) is 35.5 Å². The number of rotatable bonds is 1. The number of β-amino-alcohol motifs (C(OH)–C–C–N with tert-alkyl or cyclic N) is 1. The van der Waals surface area contributed by atoms with Gasteiger partial charge in [-0.3, -0.25) is 4.90 Å². The standard InChI is InChI=1S/C9H18N2O/c12-9-7-10-6-8(9)11-4-2-1-3-5-11/h8-10,12H,1-7H2. The molecule has 2 aliphatic rings. The minimum Gasteiger partial charge on any atom is -0.390 e. The molecule has 2 atom stereocenters. The van der Waals surface area contributed by atoms with Crippen molar-refractivity contribution in [3.8, 4) is 0 Å². The molecule has 0 amide bonds. The van der Waals surface area contributed by atoms with E-state index in [2.05, 4.69) is 10.2 Å². The molecule has 2 N–H and O–H groups in total. The zero-order chi connectivity index (χ0) is 8.39. The molecule has 0 aromatic heterocycles. The molecule has 2 unspecified atom stereocenters. The molecule has 2 heterocycles. The molecule has 12 heavy (non-hydrogen) atoms. The van der Waals surface area contributed by atoms with Gasteiger partial charge in [-0.1, -0.05) is 6.42 Å². The summed E-state index contributed by atoms with van der Waals surface area (Å²) in [6, 6.07) is 0.394. The summed E-state index contributed by atoms with van der Waals surface area (Å²) >= 11 is 0. The van der Waals surface area contributed by atoms with E-state index in [4.69, 9.17) is 0 Å². The zero-order valence-electron chi connectivity index (χ0n) is 7.50. The Kier molecular flexibility index (Phi) is 2.63. The highest BCUT2D eigenvalue weighted by molar-refractivity contribution is 4.89. The average Bonchev–Trinajstić information content (AvgIpc) is 2.53. The molecule has 3 heteroatoms. The van der Waals surface area contributed by atoms with Gasteiger partial charge in [0, 0.05) is 19.1 Å². The van der Waals surface area contributed by atoms with Crippen molar-refractivity contribution in [2.24, 2.45) is 0 Å². The Morgan fingerprint density at radius 2 is 1.83 bits per heavy atom. The maximum atomic E-state index is 9.64. The normalized spacial score (nSPS) is 38.8. The Morgan fingerprint density at radius 1 is 1.08 bits per heavy atom. The molecule has 0 bridgehead atoms. The van der Waals surface area contributed by atoms with E-state index in [-0.39, 0.29) is 6.10 Å². The van der Waals surface area contributed by atoms with E-state index in [9.17, 15) is 5.11 Å². The predicted octanol–water partition coefficient (Wildman–Crippen LogP) is -0.195. The lowest BCUT2D eigenvalue weighted by Gasteiger charge is -2.33. The molecule has 2 fully saturated rings. The second-order valence-electron chi connectivity index (χ2n) is 3.89. The van der Waals surface area contributed by atoms with Gasteiger partial charge >= 0.3 is 0 Å². The summed E-state index contributed by atoms with van der Waals surface area (Å²) in [5.74, 6) is 0. The maximum absolute atomic E-state index is 9.64. The molecular formula is C9H18N2O. The second-order valence-corrected chi connectivity index (χ2v) is 3.89. The number of hydrogen-bond donors (Lipinski definition) is 2. The molecule has 0 aromatic rings. The van der Waals surface area contributed by atoms with Crippen LogP contribution < -0.4 is 5.32 Å². The Bertz CT molecular complexity index is 145. The Hall–Kier alpha value is -0.120. The number of hydrogen-bond acceptors (Lipinski definition) is 3. The minimum atomic E-state index is -0.136. The van der Waals surface area contributed by atoms with Crippen molar-refractivity contribution in [1.29, 1.82) is 0 Å². The van der Waals surface area contributed by atoms with E-state index >= 15 is 0 Å². The first-order chi connectivity index (χ1) is 5.88. The number of piperidine rings is 1. The lowest BCUT2D eigenvalue weighted by atomic mass is 10.1. The lowest BCUT2D eigenvalue weighted by Crippen LogP contribution is -2.45. The van der Waals surface area contributed by atoms with E-state index in [1.54, 1.807) is 0 Å². The first kappa shape index (κ1) is 8.48. The third-order valence-electron chi connectivity index (χ3n) is 3.01. The highest BCUT2D eigenvalue weighted by atomic mass is 16.3. The number of likely N-dealkylation sites (tertiary alicyclic amines) is 1. The quantitative estimate of drug-likeness (QED) is 0.572. The first-order valence-corrected chi connectivity index (χ1v) is 5.01. The van der Waals surface area contributed by atoms with Gasteiger partial charge in [-0.2, -0.15) is 0 Å². The van der Waals surface area contributed by atoms with Gasteiger partial charge in [0.2, 0.25) is 0 Å². The van der Waals surface area contributed by atoms with Crippen molar-refractivity contribution < 1.29 is 5.11 Å². The van der Waals surface area contributed by atoms with Crippen molar-refractivity contribution in [3.05, 3.63) is 0 Å². The number of nitrogens with zero attached hydrogens (tertiary/aromatic N) is 1. The van der Waals surface area contributed by atoms with Crippen LogP contribution in [0.5, 0.6) is 0 Å². The van der Waals surface area contributed by atoms with Gasteiger partial charge in [-0.25, -0.2) is 0 Å². The third-order valence-corrected chi connectivity index (χ3v) is 3.01. The van der Waals surface area contributed by atoms with E-state index < -0.39 is 0 Å². The summed E-state index contributed by atoms with van der Waals surface area (Å²) < 4.78 is 0. The van der Waals surface area contributed by atoms with Gasteiger partial charge in [-0.15, -0.1) is 0 Å². The van der Waals surface area contributed by atoms with Crippen LogP contribution in [0, 0.1) is 0 Å². The fourth-order valence-electron chi connectivity index (χ4n) is 2.27. The van der Waals surface area contributed by atoms with Crippen molar-refractivity contribution >= 4 is 0 Å². The number of aliphatic hydroxyl groups excluding tert-OH is 1.